The highest BCUT2D eigenvalue weighted by Crippen LogP contribution is 2.21. The number of aromatic nitrogens is 3. The van der Waals surface area contributed by atoms with Crippen LogP contribution in [0.4, 0.5) is 0 Å². The third-order valence-electron chi connectivity index (χ3n) is 3.99. The van der Waals surface area contributed by atoms with Gasteiger partial charge in [-0.15, -0.1) is 0 Å². The van der Waals surface area contributed by atoms with Gasteiger partial charge in [0.25, 0.3) is 5.91 Å². The predicted octanol–water partition coefficient (Wildman–Crippen LogP) is 4.18. The molecule has 5 nitrogen and oxygen atoms in total. The summed E-state index contributed by atoms with van der Waals surface area (Å²) in [6.07, 6.45) is 1.62. The zero-order chi connectivity index (χ0) is 18.7. The van der Waals surface area contributed by atoms with Crippen LogP contribution in [-0.2, 0) is 13.1 Å². The Balaban J connectivity index is 1.73. The van der Waals surface area contributed by atoms with Gasteiger partial charge in [0.05, 0.1) is 17.8 Å². The molecule has 3 rings (SSSR count). The van der Waals surface area contributed by atoms with E-state index in [-0.39, 0.29) is 5.91 Å². The van der Waals surface area contributed by atoms with Crippen LogP contribution in [0.5, 0.6) is 0 Å². The van der Waals surface area contributed by atoms with Crippen molar-refractivity contribution in [1.29, 1.82) is 0 Å². The summed E-state index contributed by atoms with van der Waals surface area (Å²) in [4.78, 5) is 16.5. The zero-order valence-electron chi connectivity index (χ0n) is 14.5. The molecule has 0 saturated carbocycles. The Morgan fingerprint density at radius 1 is 1.08 bits per heavy atom. The van der Waals surface area contributed by atoms with Crippen LogP contribution in [0, 0.1) is 13.8 Å². The molecule has 1 aromatic carbocycles. The number of nitrogens with zero attached hydrogens (tertiary/aromatic N) is 3. The Morgan fingerprint density at radius 3 is 2.42 bits per heavy atom. The minimum atomic E-state index is -0.266. The number of nitrogens with one attached hydrogen (secondary N) is 1. The van der Waals surface area contributed by atoms with Gasteiger partial charge in [0.2, 0.25) is 0 Å². The number of carbonyl (C=O) groups excluding carboxylic acids is 1. The molecular weight excluding hydrogens is 371 g/mol. The number of aryl methyl sites for hydroxylation is 2. The molecule has 1 N–H and O–H groups in total. The van der Waals surface area contributed by atoms with Gasteiger partial charge in [0.15, 0.2) is 0 Å². The van der Waals surface area contributed by atoms with E-state index in [9.17, 15) is 4.79 Å². The van der Waals surface area contributed by atoms with Gasteiger partial charge in [0.1, 0.15) is 10.3 Å². The van der Waals surface area contributed by atoms with Gasteiger partial charge in [-0.05, 0) is 31.0 Å². The Hall–Kier alpha value is -2.37. The van der Waals surface area contributed by atoms with E-state index >= 15 is 0 Å². The molecule has 0 spiro atoms. The van der Waals surface area contributed by atoms with Gasteiger partial charge in [-0.3, -0.25) is 4.79 Å². The molecule has 2 aromatic heterocycles. The van der Waals surface area contributed by atoms with Crippen LogP contribution in [0.25, 0.3) is 0 Å². The third kappa shape index (κ3) is 4.23. The molecular formula is C19H18Cl2N4O. The summed E-state index contributed by atoms with van der Waals surface area (Å²) in [7, 11) is 0. The number of hydrogen-bond donors (Lipinski definition) is 1. The standard InChI is InChI=1S/C19H18Cl2N4O/c1-12-3-5-14(6-4-12)11-25-18(21)17(13(2)24-25)19(26)23-10-15-7-8-16(20)22-9-15/h3-9H,10-11H2,1-2H3,(H,23,26). The molecule has 2 heterocycles. The van der Waals surface area contributed by atoms with Crippen molar-refractivity contribution in [2.24, 2.45) is 0 Å². The molecule has 0 unspecified atom stereocenters. The second kappa shape index (κ2) is 7.89. The van der Waals surface area contributed by atoms with Crippen molar-refractivity contribution in [2.45, 2.75) is 26.9 Å². The van der Waals surface area contributed by atoms with Crippen LogP contribution < -0.4 is 5.32 Å². The predicted molar refractivity (Wildman–Crippen MR) is 103 cm³/mol. The first-order valence-electron chi connectivity index (χ1n) is 8.11. The first-order chi connectivity index (χ1) is 12.4. The molecule has 3 aromatic rings. The summed E-state index contributed by atoms with van der Waals surface area (Å²) in [6.45, 7) is 4.65. The molecule has 0 aliphatic carbocycles. The molecule has 0 bridgehead atoms. The molecule has 0 aliphatic heterocycles. The van der Waals surface area contributed by atoms with E-state index < -0.39 is 0 Å². The van der Waals surface area contributed by atoms with E-state index in [1.165, 1.54) is 5.56 Å². The maximum absolute atomic E-state index is 12.5. The molecule has 1 amide bonds. The van der Waals surface area contributed by atoms with E-state index in [1.54, 1.807) is 23.9 Å². The van der Waals surface area contributed by atoms with Crippen molar-refractivity contribution >= 4 is 29.1 Å². The first kappa shape index (κ1) is 18.4. The van der Waals surface area contributed by atoms with Gasteiger partial charge in [-0.2, -0.15) is 5.10 Å². The summed E-state index contributed by atoms with van der Waals surface area (Å²) in [5, 5.41) is 7.99. The fourth-order valence-corrected chi connectivity index (χ4v) is 3.00. The van der Waals surface area contributed by atoms with E-state index in [2.05, 4.69) is 15.4 Å². The number of benzene rings is 1. The first-order valence-corrected chi connectivity index (χ1v) is 8.86. The third-order valence-corrected chi connectivity index (χ3v) is 4.59. The van der Waals surface area contributed by atoms with Crippen LogP contribution >= 0.6 is 23.2 Å². The average Bonchev–Trinajstić information content (AvgIpc) is 2.90. The van der Waals surface area contributed by atoms with Gasteiger partial charge in [-0.25, -0.2) is 9.67 Å². The Bertz CT molecular complexity index is 918. The molecule has 0 radical (unpaired) electrons. The van der Waals surface area contributed by atoms with Crippen molar-refractivity contribution in [3.63, 3.8) is 0 Å². The van der Waals surface area contributed by atoms with Crippen molar-refractivity contribution in [1.82, 2.24) is 20.1 Å². The fourth-order valence-electron chi connectivity index (χ4n) is 2.56. The maximum Gasteiger partial charge on any atom is 0.256 e. The number of hydrogen-bond acceptors (Lipinski definition) is 3. The number of carbonyl (C=O) groups is 1. The van der Waals surface area contributed by atoms with Crippen molar-refractivity contribution in [2.75, 3.05) is 0 Å². The molecule has 134 valence electrons. The highest BCUT2D eigenvalue weighted by molar-refractivity contribution is 6.33. The zero-order valence-corrected chi connectivity index (χ0v) is 16.0. The lowest BCUT2D eigenvalue weighted by Gasteiger charge is -2.06. The molecule has 26 heavy (non-hydrogen) atoms. The van der Waals surface area contributed by atoms with Gasteiger partial charge in [-0.1, -0.05) is 59.1 Å². The second-order valence-corrected chi connectivity index (χ2v) is 6.81. The van der Waals surface area contributed by atoms with E-state index in [0.717, 1.165) is 11.1 Å². The maximum atomic E-state index is 12.5. The van der Waals surface area contributed by atoms with E-state index in [1.807, 2.05) is 37.3 Å². The quantitative estimate of drug-likeness (QED) is 0.666. The van der Waals surface area contributed by atoms with Crippen LogP contribution in [0.3, 0.4) is 0 Å². The minimum absolute atomic E-state index is 0.266. The number of halogens is 2. The molecule has 0 fully saturated rings. The SMILES string of the molecule is Cc1ccc(Cn2nc(C)c(C(=O)NCc3ccc(Cl)nc3)c2Cl)cc1. The normalized spacial score (nSPS) is 10.8. The van der Waals surface area contributed by atoms with Gasteiger partial charge in [0, 0.05) is 12.7 Å². The van der Waals surface area contributed by atoms with Crippen molar-refractivity contribution in [3.05, 3.63) is 80.8 Å². The number of rotatable bonds is 5. The summed E-state index contributed by atoms with van der Waals surface area (Å²) >= 11 is 12.2. The molecule has 0 saturated heterocycles. The van der Waals surface area contributed by atoms with Gasteiger partial charge < -0.3 is 5.32 Å². The highest BCUT2D eigenvalue weighted by Gasteiger charge is 2.20. The van der Waals surface area contributed by atoms with Gasteiger partial charge >= 0.3 is 0 Å². The Kier molecular flexibility index (Phi) is 5.59. The summed E-state index contributed by atoms with van der Waals surface area (Å²) in [5.74, 6) is -0.266. The van der Waals surface area contributed by atoms with Crippen LogP contribution in [0.15, 0.2) is 42.6 Å². The lowest BCUT2D eigenvalue weighted by atomic mass is 10.1. The Labute approximate surface area is 162 Å². The van der Waals surface area contributed by atoms with Crippen LogP contribution in [0.2, 0.25) is 10.3 Å². The van der Waals surface area contributed by atoms with E-state index in [0.29, 0.717) is 34.7 Å². The molecule has 0 aliphatic rings. The monoisotopic (exact) mass is 388 g/mol. The van der Waals surface area contributed by atoms with Crippen molar-refractivity contribution < 1.29 is 4.79 Å². The van der Waals surface area contributed by atoms with Crippen LogP contribution in [0.1, 0.15) is 32.7 Å². The smallest absolute Gasteiger partial charge is 0.256 e. The average molecular weight is 389 g/mol. The topological polar surface area (TPSA) is 59.8 Å². The van der Waals surface area contributed by atoms with Crippen molar-refractivity contribution in [3.8, 4) is 0 Å². The molecule has 0 atom stereocenters. The summed E-state index contributed by atoms with van der Waals surface area (Å²) in [6, 6.07) is 11.6. The summed E-state index contributed by atoms with van der Waals surface area (Å²) in [5.41, 5.74) is 4.09. The lowest BCUT2D eigenvalue weighted by molar-refractivity contribution is 0.0950. The highest BCUT2D eigenvalue weighted by atomic mass is 35.5. The number of pyridine rings is 1. The molecule has 7 heteroatoms. The lowest BCUT2D eigenvalue weighted by Crippen LogP contribution is -2.23. The van der Waals surface area contributed by atoms with E-state index in [4.69, 9.17) is 23.2 Å². The second-order valence-electron chi connectivity index (χ2n) is 6.07. The fraction of sp³-hybridized carbons (Fsp3) is 0.211. The largest absolute Gasteiger partial charge is 0.348 e. The summed E-state index contributed by atoms with van der Waals surface area (Å²) < 4.78 is 1.64. The minimum Gasteiger partial charge on any atom is -0.348 e. The number of amides is 1. The van der Waals surface area contributed by atoms with Crippen LogP contribution in [-0.4, -0.2) is 20.7 Å². The Morgan fingerprint density at radius 2 is 1.77 bits per heavy atom.